The van der Waals surface area contributed by atoms with E-state index in [0.717, 1.165) is 12.1 Å². The third kappa shape index (κ3) is 5.73. The molecule has 0 spiro atoms. The summed E-state index contributed by atoms with van der Waals surface area (Å²) in [4.78, 5) is 11.0. The maximum absolute atomic E-state index is 10.9. The zero-order chi connectivity index (χ0) is 14.9. The van der Waals surface area contributed by atoms with E-state index in [1.807, 2.05) is 0 Å². The summed E-state index contributed by atoms with van der Waals surface area (Å²) in [7, 11) is 0. The maximum atomic E-state index is 10.9. The van der Waals surface area contributed by atoms with E-state index in [2.05, 4.69) is 20.3 Å². The monoisotopic (exact) mass is 386 g/mol. The number of hydrogen-bond acceptors (Lipinski definition) is 10. The number of aromatic nitrogens is 3. The molecule has 0 fully saturated rings. The number of nitrogen functional groups attached to an aromatic ring is 2. The van der Waals surface area contributed by atoms with Crippen molar-refractivity contribution < 1.29 is 76.2 Å². The Balaban J connectivity index is 0.00000220. The first-order valence-electron chi connectivity index (χ1n) is 5.15. The second-order valence-corrected chi connectivity index (χ2v) is 6.80. The van der Waals surface area contributed by atoms with Crippen molar-refractivity contribution in [3.8, 4) is 5.75 Å². The molecule has 0 saturated heterocycles. The van der Waals surface area contributed by atoms with Crippen LogP contribution in [0.1, 0.15) is 0 Å². The molecule has 1 heterocycles. The molecule has 6 N–H and O–H groups in total. The molecule has 106 valence electrons. The Morgan fingerprint density at radius 2 is 1.64 bits per heavy atom. The molecule has 0 bridgehead atoms. The molecule has 0 radical (unpaired) electrons. The van der Waals surface area contributed by atoms with Crippen LogP contribution in [-0.2, 0) is 3.74 Å². The van der Waals surface area contributed by atoms with E-state index in [4.69, 9.17) is 11.5 Å². The van der Waals surface area contributed by atoms with Crippen LogP contribution >= 0.6 is 0 Å². The number of hydrogen-bond donors (Lipinski definition) is 4. The molecule has 0 aliphatic heterocycles. The minimum absolute atomic E-state index is 0. The van der Waals surface area contributed by atoms with Gasteiger partial charge in [0.1, 0.15) is 0 Å². The first-order valence-corrected chi connectivity index (χ1v) is 8.39. The van der Waals surface area contributed by atoms with Crippen molar-refractivity contribution in [2.75, 3.05) is 16.8 Å². The Morgan fingerprint density at radius 1 is 1.09 bits per heavy atom. The number of anilines is 4. The summed E-state index contributed by atoms with van der Waals surface area (Å²) in [5.41, 5.74) is 11.0. The van der Waals surface area contributed by atoms with Gasteiger partial charge in [-0.05, 0) is 0 Å². The van der Waals surface area contributed by atoms with Crippen molar-refractivity contribution in [2.24, 2.45) is 0 Å². The summed E-state index contributed by atoms with van der Waals surface area (Å²) in [6.07, 6.45) is 0. The van der Waals surface area contributed by atoms with Crippen LogP contribution in [0, 0.1) is 0 Å². The third-order valence-corrected chi connectivity index (χ3v) is 4.23. The summed E-state index contributed by atoms with van der Waals surface area (Å²) in [6, 6.07) is 3.32. The number of nitrogens with zero attached hydrogens (tertiary/aromatic N) is 3. The van der Waals surface area contributed by atoms with Gasteiger partial charge >= 0.3 is 174 Å². The Kier molecular flexibility index (Phi) is 8.42. The predicted octanol–water partition coefficient (Wildman–Crippen LogP) is -9.21. The van der Waals surface area contributed by atoms with Crippen LogP contribution in [0.15, 0.2) is 18.2 Å². The van der Waals surface area contributed by atoms with E-state index in [-0.39, 0.29) is 82.6 Å². The molecular weight excluding hydrogens is 377 g/mol. The van der Waals surface area contributed by atoms with Gasteiger partial charge in [0.25, 0.3) is 0 Å². The SMILES string of the molecule is Nc1nc(N)nc(Nc2ccc([As](=O)([O-])[O-])c(O)c2)n1.[Na+].[Na+]. The van der Waals surface area contributed by atoms with Gasteiger partial charge in [0.15, 0.2) is 0 Å². The molecule has 0 aliphatic rings. The van der Waals surface area contributed by atoms with Crippen molar-refractivity contribution in [2.45, 2.75) is 0 Å². The van der Waals surface area contributed by atoms with Crippen LogP contribution in [0.4, 0.5) is 23.5 Å². The smallest absolute Gasteiger partial charge is 1.00 e. The van der Waals surface area contributed by atoms with Crippen molar-refractivity contribution in [3.05, 3.63) is 18.2 Å². The number of benzene rings is 1. The van der Waals surface area contributed by atoms with Gasteiger partial charge in [0.05, 0.1) is 0 Å². The molecule has 0 amide bonds. The average Bonchev–Trinajstić information content (AvgIpc) is 2.25. The zero-order valence-electron chi connectivity index (χ0n) is 11.8. The number of nitrogens with one attached hydrogen (secondary N) is 1. The largest absolute Gasteiger partial charge is 1.00 e. The standard InChI is InChI=1S/C9H11AsN6O4.2Na/c11-7-14-8(12)16-9(15-7)13-4-1-2-5(6(17)3-4)10(18,19)20;;/h1-3,17H,(H2,18,19,20)(H5,11,12,13,14,15,16);;/q;2*+1/p-2. The average molecular weight is 386 g/mol. The van der Waals surface area contributed by atoms with Gasteiger partial charge in [-0.3, -0.25) is 0 Å². The van der Waals surface area contributed by atoms with Crippen LogP contribution in [0.2, 0.25) is 0 Å². The molecule has 22 heavy (non-hydrogen) atoms. The van der Waals surface area contributed by atoms with Gasteiger partial charge in [0, 0.05) is 0 Å². The van der Waals surface area contributed by atoms with E-state index in [1.54, 1.807) is 0 Å². The van der Waals surface area contributed by atoms with Gasteiger partial charge in [-0.25, -0.2) is 0 Å². The summed E-state index contributed by atoms with van der Waals surface area (Å²) in [5, 5.41) is 12.2. The van der Waals surface area contributed by atoms with E-state index in [1.165, 1.54) is 6.07 Å². The summed E-state index contributed by atoms with van der Waals surface area (Å²) in [6.45, 7) is 0. The summed E-state index contributed by atoms with van der Waals surface area (Å²) < 4.78 is 32.1. The van der Waals surface area contributed by atoms with Crippen molar-refractivity contribution in [3.63, 3.8) is 0 Å². The number of rotatable bonds is 3. The van der Waals surface area contributed by atoms with Crippen molar-refractivity contribution >= 4 is 42.1 Å². The van der Waals surface area contributed by atoms with Gasteiger partial charge < -0.3 is 0 Å². The fourth-order valence-electron chi connectivity index (χ4n) is 1.43. The first kappa shape index (κ1) is 21.7. The molecular formula is C9H9AsN6Na2O4. The normalized spacial score (nSPS) is 10.3. The Hall–Kier alpha value is -0.292. The van der Waals surface area contributed by atoms with Crippen molar-refractivity contribution in [1.29, 1.82) is 0 Å². The molecule has 0 saturated carbocycles. The second-order valence-electron chi connectivity index (χ2n) is 3.70. The zero-order valence-corrected chi connectivity index (χ0v) is 17.7. The molecule has 0 aliphatic carbocycles. The Bertz CT molecular complexity index is 692. The van der Waals surface area contributed by atoms with Crippen LogP contribution in [0.3, 0.4) is 0 Å². The molecule has 0 unspecified atom stereocenters. The van der Waals surface area contributed by atoms with Gasteiger partial charge in [-0.2, -0.15) is 0 Å². The van der Waals surface area contributed by atoms with E-state index in [0.29, 0.717) is 0 Å². The van der Waals surface area contributed by atoms with Crippen LogP contribution in [-0.4, -0.2) is 34.2 Å². The van der Waals surface area contributed by atoms with E-state index < -0.39 is 24.3 Å². The summed E-state index contributed by atoms with van der Waals surface area (Å²) >= 11 is -5.66. The molecule has 10 nitrogen and oxygen atoms in total. The topological polar surface area (TPSA) is 186 Å². The third-order valence-electron chi connectivity index (χ3n) is 2.20. The molecule has 13 heteroatoms. The molecule has 1 aromatic heterocycles. The fourth-order valence-corrected chi connectivity index (χ4v) is 2.69. The predicted molar refractivity (Wildman–Crippen MR) is 66.1 cm³/mol. The number of aromatic hydroxyl groups is 1. The van der Waals surface area contributed by atoms with Crippen LogP contribution < -0.4 is 88.4 Å². The molecule has 2 rings (SSSR count). The molecule has 2 aromatic rings. The Morgan fingerprint density at radius 3 is 2.09 bits per heavy atom. The quantitative estimate of drug-likeness (QED) is 0.369. The molecule has 0 atom stereocenters. The van der Waals surface area contributed by atoms with E-state index >= 15 is 0 Å². The number of phenolic OH excluding ortho intramolecular Hbond substituents is 1. The van der Waals surface area contributed by atoms with E-state index in [9.17, 15) is 17.0 Å². The summed E-state index contributed by atoms with van der Waals surface area (Å²) in [5.74, 6) is -0.849. The van der Waals surface area contributed by atoms with Crippen LogP contribution in [0.25, 0.3) is 0 Å². The Labute approximate surface area is 172 Å². The number of nitrogens with two attached hydrogens (primary N) is 2. The van der Waals surface area contributed by atoms with Gasteiger partial charge in [-0.15, -0.1) is 0 Å². The maximum Gasteiger partial charge on any atom is 1.00 e. The minimum atomic E-state index is -5.66. The molecule has 1 aromatic carbocycles. The fraction of sp³-hybridized carbons (Fsp3) is 0. The van der Waals surface area contributed by atoms with Crippen LogP contribution in [0.5, 0.6) is 5.75 Å². The van der Waals surface area contributed by atoms with Crippen molar-refractivity contribution in [1.82, 2.24) is 15.0 Å². The first-order chi connectivity index (χ1) is 9.25. The minimum Gasteiger partial charge on any atom is 1.00 e. The van der Waals surface area contributed by atoms with Gasteiger partial charge in [-0.1, -0.05) is 0 Å². The number of phenols is 1. The van der Waals surface area contributed by atoms with Gasteiger partial charge in [0.2, 0.25) is 0 Å². The second kappa shape index (κ2) is 8.53.